The highest BCUT2D eigenvalue weighted by atomic mass is 79.9. The number of halogens is 2. The molecule has 0 aromatic heterocycles. The second-order valence-electron chi connectivity index (χ2n) is 4.74. The molecule has 0 amide bonds. The zero-order valence-electron chi connectivity index (χ0n) is 12.5. The standard InChI is InChI=1S/C9H10Br2.C9H12O2/c2*10-6-5-8-3-1-2-4-9(8)7-11/h1-4H,5-7H2;1-4,10-11H,5-7H2. The average molecular weight is 430 g/mol. The molecule has 0 spiro atoms. The van der Waals surface area contributed by atoms with Crippen molar-refractivity contribution in [3.05, 3.63) is 70.8 Å². The summed E-state index contributed by atoms with van der Waals surface area (Å²) in [6, 6.07) is 16.1. The Hall–Kier alpha value is -0.680. The van der Waals surface area contributed by atoms with E-state index in [1.54, 1.807) is 0 Å². The van der Waals surface area contributed by atoms with Crippen LogP contribution < -0.4 is 0 Å². The average Bonchev–Trinajstić information content (AvgIpc) is 2.57. The summed E-state index contributed by atoms with van der Waals surface area (Å²) in [7, 11) is 0. The van der Waals surface area contributed by atoms with Crippen LogP contribution in [0.3, 0.4) is 0 Å². The summed E-state index contributed by atoms with van der Waals surface area (Å²) in [6.07, 6.45) is 1.73. The SMILES string of the molecule is BrCCc1ccccc1CBr.OCCc1ccccc1CO. The lowest BCUT2D eigenvalue weighted by Crippen LogP contribution is -1.96. The lowest BCUT2D eigenvalue weighted by atomic mass is 10.1. The van der Waals surface area contributed by atoms with Gasteiger partial charge in [0.1, 0.15) is 0 Å². The molecular weight excluding hydrogens is 408 g/mol. The smallest absolute Gasteiger partial charge is 0.0684 e. The van der Waals surface area contributed by atoms with Gasteiger partial charge in [0.15, 0.2) is 0 Å². The normalized spacial score (nSPS) is 10.0. The van der Waals surface area contributed by atoms with Gasteiger partial charge in [-0.1, -0.05) is 80.4 Å². The second-order valence-corrected chi connectivity index (χ2v) is 6.10. The number of aliphatic hydroxyl groups is 2. The summed E-state index contributed by atoms with van der Waals surface area (Å²) in [5, 5.41) is 19.5. The van der Waals surface area contributed by atoms with Crippen LogP contribution in [0.1, 0.15) is 22.3 Å². The van der Waals surface area contributed by atoms with Crippen molar-refractivity contribution in [2.75, 3.05) is 11.9 Å². The van der Waals surface area contributed by atoms with Gasteiger partial charge >= 0.3 is 0 Å². The van der Waals surface area contributed by atoms with E-state index in [9.17, 15) is 0 Å². The molecule has 0 saturated carbocycles. The number of hydrogen-bond acceptors (Lipinski definition) is 2. The molecule has 0 fully saturated rings. The first-order chi connectivity index (χ1) is 10.8. The Kier molecular flexibility index (Phi) is 10.4. The van der Waals surface area contributed by atoms with Gasteiger partial charge in [0, 0.05) is 17.3 Å². The van der Waals surface area contributed by atoms with E-state index in [1.807, 2.05) is 24.3 Å². The molecule has 120 valence electrons. The highest BCUT2D eigenvalue weighted by Gasteiger charge is 1.98. The van der Waals surface area contributed by atoms with Crippen molar-refractivity contribution in [3.8, 4) is 0 Å². The van der Waals surface area contributed by atoms with Crippen molar-refractivity contribution in [3.63, 3.8) is 0 Å². The van der Waals surface area contributed by atoms with Gasteiger partial charge in [0.05, 0.1) is 6.61 Å². The molecule has 0 bridgehead atoms. The van der Waals surface area contributed by atoms with Gasteiger partial charge in [-0.05, 0) is 35.1 Å². The van der Waals surface area contributed by atoms with E-state index in [4.69, 9.17) is 10.2 Å². The van der Waals surface area contributed by atoms with E-state index in [0.29, 0.717) is 6.42 Å². The number of rotatable bonds is 6. The Balaban J connectivity index is 0.000000220. The van der Waals surface area contributed by atoms with Crippen LogP contribution in [0, 0.1) is 0 Å². The summed E-state index contributed by atoms with van der Waals surface area (Å²) in [4.78, 5) is 0. The molecule has 2 aromatic carbocycles. The predicted molar refractivity (Wildman–Crippen MR) is 99.7 cm³/mol. The van der Waals surface area contributed by atoms with Crippen molar-refractivity contribution < 1.29 is 10.2 Å². The zero-order valence-corrected chi connectivity index (χ0v) is 15.7. The lowest BCUT2D eigenvalue weighted by Gasteiger charge is -2.03. The minimum Gasteiger partial charge on any atom is -0.396 e. The summed E-state index contributed by atoms with van der Waals surface area (Å²) in [6.45, 7) is 0.188. The Morgan fingerprint density at radius 3 is 1.64 bits per heavy atom. The molecule has 2 rings (SSSR count). The molecule has 22 heavy (non-hydrogen) atoms. The quantitative estimate of drug-likeness (QED) is 0.674. The molecule has 2 nitrogen and oxygen atoms in total. The fraction of sp³-hybridized carbons (Fsp3) is 0.333. The van der Waals surface area contributed by atoms with Crippen molar-refractivity contribution in [2.24, 2.45) is 0 Å². The highest BCUT2D eigenvalue weighted by Crippen LogP contribution is 2.13. The monoisotopic (exact) mass is 428 g/mol. The van der Waals surface area contributed by atoms with Gasteiger partial charge in [-0.15, -0.1) is 0 Å². The molecule has 2 N–H and O–H groups in total. The molecule has 0 radical (unpaired) electrons. The minimum atomic E-state index is 0.0518. The summed E-state index contributed by atoms with van der Waals surface area (Å²) in [5.74, 6) is 0. The summed E-state index contributed by atoms with van der Waals surface area (Å²) >= 11 is 6.90. The van der Waals surface area contributed by atoms with Crippen LogP contribution in [-0.2, 0) is 24.8 Å². The van der Waals surface area contributed by atoms with Gasteiger partial charge in [-0.3, -0.25) is 0 Å². The third-order valence-corrected chi connectivity index (χ3v) is 4.30. The van der Waals surface area contributed by atoms with E-state index in [1.165, 1.54) is 11.1 Å². The Labute approximate surface area is 149 Å². The van der Waals surface area contributed by atoms with E-state index in [2.05, 4.69) is 56.1 Å². The van der Waals surface area contributed by atoms with Crippen LogP contribution in [0.5, 0.6) is 0 Å². The first-order valence-electron chi connectivity index (χ1n) is 7.24. The van der Waals surface area contributed by atoms with Crippen molar-refractivity contribution in [1.29, 1.82) is 0 Å². The fourth-order valence-electron chi connectivity index (χ4n) is 2.11. The van der Waals surface area contributed by atoms with Crippen LogP contribution in [0.15, 0.2) is 48.5 Å². The fourth-order valence-corrected chi connectivity index (χ4v) is 3.08. The van der Waals surface area contributed by atoms with Crippen LogP contribution in [0.25, 0.3) is 0 Å². The Morgan fingerprint density at radius 1 is 0.682 bits per heavy atom. The van der Waals surface area contributed by atoms with Crippen molar-refractivity contribution in [1.82, 2.24) is 0 Å². The number of aliphatic hydroxyl groups excluding tert-OH is 2. The lowest BCUT2D eigenvalue weighted by molar-refractivity contribution is 0.276. The van der Waals surface area contributed by atoms with Crippen molar-refractivity contribution in [2.45, 2.75) is 24.8 Å². The molecule has 0 heterocycles. The third kappa shape index (κ3) is 6.61. The van der Waals surface area contributed by atoms with E-state index >= 15 is 0 Å². The van der Waals surface area contributed by atoms with Gasteiger partial charge < -0.3 is 10.2 Å². The Bertz CT molecular complexity index is 495. The van der Waals surface area contributed by atoms with Crippen LogP contribution in [-0.4, -0.2) is 22.2 Å². The number of aryl methyl sites for hydroxylation is 1. The first-order valence-corrected chi connectivity index (χ1v) is 9.48. The molecule has 0 atom stereocenters. The molecule has 0 aliphatic carbocycles. The van der Waals surface area contributed by atoms with E-state index < -0.39 is 0 Å². The van der Waals surface area contributed by atoms with Gasteiger partial charge in [-0.25, -0.2) is 0 Å². The Morgan fingerprint density at radius 2 is 1.18 bits per heavy atom. The molecule has 0 aliphatic rings. The maximum atomic E-state index is 8.86. The number of benzene rings is 2. The van der Waals surface area contributed by atoms with Gasteiger partial charge in [0.25, 0.3) is 0 Å². The summed E-state index contributed by atoms with van der Waals surface area (Å²) < 4.78 is 0. The maximum Gasteiger partial charge on any atom is 0.0684 e. The number of hydrogen-bond donors (Lipinski definition) is 2. The van der Waals surface area contributed by atoms with Crippen LogP contribution in [0.4, 0.5) is 0 Å². The second kappa shape index (κ2) is 11.8. The van der Waals surface area contributed by atoms with E-state index in [0.717, 1.165) is 28.2 Å². The first kappa shape index (κ1) is 19.4. The van der Waals surface area contributed by atoms with Crippen LogP contribution in [0.2, 0.25) is 0 Å². The van der Waals surface area contributed by atoms with Crippen LogP contribution >= 0.6 is 31.9 Å². The molecule has 2 aromatic rings. The predicted octanol–water partition coefficient (Wildman–Crippen LogP) is 4.23. The topological polar surface area (TPSA) is 40.5 Å². The summed E-state index contributed by atoms with van der Waals surface area (Å²) in [5.41, 5.74) is 4.76. The largest absolute Gasteiger partial charge is 0.396 e. The molecule has 0 saturated heterocycles. The third-order valence-electron chi connectivity index (χ3n) is 3.30. The zero-order chi connectivity index (χ0) is 16.2. The molecule has 4 heteroatoms. The highest BCUT2D eigenvalue weighted by molar-refractivity contribution is 9.09. The molecule has 0 unspecified atom stereocenters. The van der Waals surface area contributed by atoms with Gasteiger partial charge in [0.2, 0.25) is 0 Å². The van der Waals surface area contributed by atoms with Crippen molar-refractivity contribution >= 4 is 31.9 Å². The molecule has 0 aliphatic heterocycles. The molecular formula is C18H22Br2O2. The maximum absolute atomic E-state index is 8.86. The van der Waals surface area contributed by atoms with Gasteiger partial charge in [-0.2, -0.15) is 0 Å². The minimum absolute atomic E-state index is 0.0518. The number of alkyl halides is 2. The van der Waals surface area contributed by atoms with E-state index in [-0.39, 0.29) is 13.2 Å².